The van der Waals surface area contributed by atoms with Crippen LogP contribution in [-0.2, 0) is 4.79 Å². The molecule has 2 aromatic rings. The molecular weight excluding hydrogens is 250 g/mol. The van der Waals surface area contributed by atoms with Gasteiger partial charge in [0.1, 0.15) is 12.0 Å². The molecule has 0 aliphatic carbocycles. The molecule has 0 N–H and O–H groups in total. The highest BCUT2D eigenvalue weighted by molar-refractivity contribution is 5.54. The third-order valence-electron chi connectivity index (χ3n) is 3.29. The lowest BCUT2D eigenvalue weighted by Gasteiger charge is -2.15. The Kier molecular flexibility index (Phi) is 4.52. The van der Waals surface area contributed by atoms with Crippen LogP contribution < -0.4 is 4.74 Å². The zero-order valence-electron chi connectivity index (χ0n) is 11.2. The fourth-order valence-electron chi connectivity index (χ4n) is 2.19. The largest absolute Gasteiger partial charge is 0.497 e. The Morgan fingerprint density at radius 1 is 1.10 bits per heavy atom. The number of ether oxygens (including phenoxy) is 1. The molecule has 0 spiro atoms. The number of aldehydes is 1. The van der Waals surface area contributed by atoms with Gasteiger partial charge >= 0.3 is 0 Å². The van der Waals surface area contributed by atoms with E-state index in [9.17, 15) is 4.79 Å². The third-order valence-corrected chi connectivity index (χ3v) is 3.29. The van der Waals surface area contributed by atoms with Gasteiger partial charge < -0.3 is 9.53 Å². The number of rotatable bonds is 5. The Bertz CT molecular complexity index is 609. The number of nitriles is 1. The molecule has 0 unspecified atom stereocenters. The van der Waals surface area contributed by atoms with Gasteiger partial charge in [0.2, 0.25) is 0 Å². The summed E-state index contributed by atoms with van der Waals surface area (Å²) in [5, 5.41) is 8.83. The van der Waals surface area contributed by atoms with E-state index in [1.165, 1.54) is 0 Å². The molecule has 20 heavy (non-hydrogen) atoms. The van der Waals surface area contributed by atoms with Crippen molar-refractivity contribution in [1.82, 2.24) is 0 Å². The van der Waals surface area contributed by atoms with Gasteiger partial charge in [-0.15, -0.1) is 0 Å². The number of hydrogen-bond acceptors (Lipinski definition) is 3. The van der Waals surface area contributed by atoms with E-state index in [1.807, 2.05) is 36.4 Å². The van der Waals surface area contributed by atoms with Gasteiger partial charge in [0.15, 0.2) is 0 Å². The molecule has 100 valence electrons. The number of benzene rings is 2. The molecule has 1 atom stereocenters. The normalized spacial score (nSPS) is 11.4. The van der Waals surface area contributed by atoms with Crippen LogP contribution in [0, 0.1) is 11.3 Å². The van der Waals surface area contributed by atoms with Crippen LogP contribution in [0.3, 0.4) is 0 Å². The van der Waals surface area contributed by atoms with Crippen molar-refractivity contribution in [3.05, 3.63) is 65.2 Å². The first kappa shape index (κ1) is 13.8. The summed E-state index contributed by atoms with van der Waals surface area (Å²) in [4.78, 5) is 10.9. The van der Waals surface area contributed by atoms with Crippen LogP contribution in [0.25, 0.3) is 0 Å². The van der Waals surface area contributed by atoms with E-state index in [1.54, 1.807) is 19.2 Å². The topological polar surface area (TPSA) is 50.1 Å². The van der Waals surface area contributed by atoms with Gasteiger partial charge in [-0.05, 0) is 35.4 Å². The molecule has 0 saturated carbocycles. The van der Waals surface area contributed by atoms with Gasteiger partial charge in [-0.25, -0.2) is 0 Å². The minimum atomic E-state index is 0.00569. The summed E-state index contributed by atoms with van der Waals surface area (Å²) < 4.78 is 5.14. The fourth-order valence-corrected chi connectivity index (χ4v) is 2.19. The lowest BCUT2D eigenvalue weighted by Crippen LogP contribution is -2.02. The van der Waals surface area contributed by atoms with Gasteiger partial charge in [0, 0.05) is 12.3 Å². The average Bonchev–Trinajstić information content (AvgIpc) is 2.53. The van der Waals surface area contributed by atoms with E-state index < -0.39 is 0 Å². The molecule has 3 nitrogen and oxygen atoms in total. The summed E-state index contributed by atoms with van der Waals surface area (Å²) in [6, 6.07) is 17.1. The Morgan fingerprint density at radius 3 is 2.10 bits per heavy atom. The van der Waals surface area contributed by atoms with Crippen LogP contribution in [0.1, 0.15) is 29.0 Å². The molecule has 0 aromatic heterocycles. The standard InChI is InChI=1S/C17H15NO2/c1-20-16-8-6-15(7-9-16)17(10-11-19)14-4-2-13(12-18)3-5-14/h2-9,11,17H,10H2,1H3/t17-/m1/s1. The molecule has 0 aliphatic rings. The zero-order chi connectivity index (χ0) is 14.4. The Labute approximate surface area is 118 Å². The van der Waals surface area contributed by atoms with Crippen LogP contribution >= 0.6 is 0 Å². The Hall–Kier alpha value is -2.60. The summed E-state index contributed by atoms with van der Waals surface area (Å²) in [5.41, 5.74) is 2.71. The first-order valence-electron chi connectivity index (χ1n) is 6.36. The highest BCUT2D eigenvalue weighted by Gasteiger charge is 2.13. The minimum absolute atomic E-state index is 0.00569. The Balaban J connectivity index is 2.33. The summed E-state index contributed by atoms with van der Waals surface area (Å²) in [6.07, 6.45) is 1.34. The summed E-state index contributed by atoms with van der Waals surface area (Å²) in [6.45, 7) is 0. The van der Waals surface area contributed by atoms with Gasteiger partial charge in [-0.3, -0.25) is 0 Å². The van der Waals surface area contributed by atoms with Crippen molar-refractivity contribution < 1.29 is 9.53 Å². The zero-order valence-corrected chi connectivity index (χ0v) is 11.2. The maximum atomic E-state index is 10.9. The van der Waals surface area contributed by atoms with Crippen LogP contribution in [0.15, 0.2) is 48.5 Å². The molecule has 0 bridgehead atoms. The van der Waals surface area contributed by atoms with Crippen molar-refractivity contribution in [2.75, 3.05) is 7.11 Å². The number of carbonyl (C=O) groups excluding carboxylic acids is 1. The number of nitrogens with zero attached hydrogens (tertiary/aromatic N) is 1. The molecule has 0 aliphatic heterocycles. The van der Waals surface area contributed by atoms with Crippen LogP contribution in [0.4, 0.5) is 0 Å². The second-order valence-electron chi connectivity index (χ2n) is 4.46. The lowest BCUT2D eigenvalue weighted by atomic mass is 9.88. The van der Waals surface area contributed by atoms with Crippen LogP contribution in [0.5, 0.6) is 5.75 Å². The maximum absolute atomic E-state index is 10.9. The monoisotopic (exact) mass is 265 g/mol. The number of carbonyl (C=O) groups is 1. The fraction of sp³-hybridized carbons (Fsp3) is 0.176. The smallest absolute Gasteiger partial charge is 0.120 e. The lowest BCUT2D eigenvalue weighted by molar-refractivity contribution is -0.108. The second kappa shape index (κ2) is 6.53. The van der Waals surface area contributed by atoms with Gasteiger partial charge in [-0.2, -0.15) is 5.26 Å². The first-order valence-corrected chi connectivity index (χ1v) is 6.36. The minimum Gasteiger partial charge on any atom is -0.497 e. The second-order valence-corrected chi connectivity index (χ2v) is 4.46. The summed E-state index contributed by atoms with van der Waals surface area (Å²) in [7, 11) is 1.62. The highest BCUT2D eigenvalue weighted by Crippen LogP contribution is 2.28. The molecular formula is C17H15NO2. The quantitative estimate of drug-likeness (QED) is 0.779. The van der Waals surface area contributed by atoms with Crippen molar-refractivity contribution in [3.63, 3.8) is 0 Å². The highest BCUT2D eigenvalue weighted by atomic mass is 16.5. The van der Waals surface area contributed by atoms with E-state index in [0.29, 0.717) is 12.0 Å². The van der Waals surface area contributed by atoms with Gasteiger partial charge in [0.05, 0.1) is 18.7 Å². The van der Waals surface area contributed by atoms with E-state index in [4.69, 9.17) is 10.00 Å². The molecule has 0 heterocycles. The van der Waals surface area contributed by atoms with E-state index in [2.05, 4.69) is 6.07 Å². The summed E-state index contributed by atoms with van der Waals surface area (Å²) >= 11 is 0. The molecule has 2 aromatic carbocycles. The van der Waals surface area contributed by atoms with Crippen molar-refractivity contribution in [3.8, 4) is 11.8 Å². The van der Waals surface area contributed by atoms with E-state index in [0.717, 1.165) is 23.2 Å². The SMILES string of the molecule is COc1ccc([C@H](CC=O)c2ccc(C#N)cc2)cc1. The average molecular weight is 265 g/mol. The van der Waals surface area contributed by atoms with Crippen LogP contribution in [0.2, 0.25) is 0 Å². The van der Waals surface area contributed by atoms with Crippen molar-refractivity contribution >= 4 is 6.29 Å². The Morgan fingerprint density at radius 2 is 1.65 bits per heavy atom. The predicted octanol–water partition coefficient (Wildman–Crippen LogP) is 3.29. The van der Waals surface area contributed by atoms with Crippen molar-refractivity contribution in [1.29, 1.82) is 5.26 Å². The van der Waals surface area contributed by atoms with Gasteiger partial charge in [-0.1, -0.05) is 24.3 Å². The van der Waals surface area contributed by atoms with E-state index in [-0.39, 0.29) is 5.92 Å². The molecule has 3 heteroatoms. The van der Waals surface area contributed by atoms with Crippen molar-refractivity contribution in [2.45, 2.75) is 12.3 Å². The maximum Gasteiger partial charge on any atom is 0.120 e. The molecule has 2 rings (SSSR count). The predicted molar refractivity (Wildman–Crippen MR) is 76.7 cm³/mol. The molecule has 0 saturated heterocycles. The number of methoxy groups -OCH3 is 1. The first-order chi connectivity index (χ1) is 9.78. The number of hydrogen-bond donors (Lipinski definition) is 0. The molecule has 0 radical (unpaired) electrons. The molecule has 0 amide bonds. The van der Waals surface area contributed by atoms with Crippen molar-refractivity contribution in [2.24, 2.45) is 0 Å². The summed E-state index contributed by atoms with van der Waals surface area (Å²) in [5.74, 6) is 0.796. The van der Waals surface area contributed by atoms with Crippen LogP contribution in [-0.4, -0.2) is 13.4 Å². The van der Waals surface area contributed by atoms with Gasteiger partial charge in [0.25, 0.3) is 0 Å². The van der Waals surface area contributed by atoms with E-state index >= 15 is 0 Å². The molecule has 0 fully saturated rings. The third kappa shape index (κ3) is 3.04.